The van der Waals surface area contributed by atoms with E-state index in [1.165, 1.54) is 12.4 Å². The molecule has 0 aliphatic carbocycles. The van der Waals surface area contributed by atoms with Crippen molar-refractivity contribution < 1.29 is 13.6 Å². The molecule has 3 rings (SSSR count). The summed E-state index contributed by atoms with van der Waals surface area (Å²) in [5, 5.41) is 5.79. The zero-order valence-electron chi connectivity index (χ0n) is 13.4. The predicted molar refractivity (Wildman–Crippen MR) is 90.5 cm³/mol. The number of carbonyl (C=O) groups excluding carboxylic acids is 1. The Labute approximate surface area is 144 Å². The van der Waals surface area contributed by atoms with Gasteiger partial charge in [0.25, 0.3) is 5.91 Å². The number of nitrogens with one attached hydrogen (secondary N) is 2. The fraction of sp³-hybridized carbons (Fsp3) is 0.167. The number of halogens is 1. The van der Waals surface area contributed by atoms with Crippen LogP contribution in [0.15, 0.2) is 59.5 Å². The van der Waals surface area contributed by atoms with Crippen LogP contribution in [0.25, 0.3) is 0 Å². The van der Waals surface area contributed by atoms with Gasteiger partial charge in [-0.2, -0.15) is 0 Å². The van der Waals surface area contributed by atoms with Crippen molar-refractivity contribution in [2.45, 2.75) is 13.0 Å². The highest BCUT2D eigenvalue weighted by atomic mass is 19.1. The van der Waals surface area contributed by atoms with E-state index in [0.717, 1.165) is 0 Å². The summed E-state index contributed by atoms with van der Waals surface area (Å²) in [6.45, 7) is 0.775. The predicted octanol–water partition coefficient (Wildman–Crippen LogP) is 2.79. The number of anilines is 1. The number of rotatable bonds is 7. The number of nitrogens with zero attached hydrogens (tertiary/aromatic N) is 2. The van der Waals surface area contributed by atoms with Crippen molar-refractivity contribution in [2.75, 3.05) is 11.9 Å². The second-order valence-corrected chi connectivity index (χ2v) is 5.32. The topological polar surface area (TPSA) is 80.0 Å². The van der Waals surface area contributed by atoms with Crippen molar-refractivity contribution in [1.82, 2.24) is 15.3 Å². The number of benzene rings is 1. The van der Waals surface area contributed by atoms with Crippen LogP contribution in [0.3, 0.4) is 0 Å². The molecule has 0 bridgehead atoms. The third-order valence-corrected chi connectivity index (χ3v) is 3.56. The highest BCUT2D eigenvalue weighted by Crippen LogP contribution is 2.09. The molecular weight excluding hydrogens is 323 g/mol. The number of hydrogen-bond donors (Lipinski definition) is 2. The molecule has 7 heteroatoms. The van der Waals surface area contributed by atoms with E-state index in [4.69, 9.17) is 4.42 Å². The minimum absolute atomic E-state index is 0.231. The molecule has 6 nitrogen and oxygen atoms in total. The van der Waals surface area contributed by atoms with Gasteiger partial charge in [-0.25, -0.2) is 14.4 Å². The SMILES string of the molecule is O=C(NCc1ccco1)c1cc(NCCc2ccccc2F)ncn1. The maximum atomic E-state index is 13.6. The lowest BCUT2D eigenvalue weighted by Crippen LogP contribution is -2.24. The van der Waals surface area contributed by atoms with Crippen LogP contribution in [0.1, 0.15) is 21.8 Å². The van der Waals surface area contributed by atoms with E-state index in [2.05, 4.69) is 20.6 Å². The van der Waals surface area contributed by atoms with Gasteiger partial charge >= 0.3 is 0 Å². The summed E-state index contributed by atoms with van der Waals surface area (Å²) in [4.78, 5) is 20.1. The molecule has 2 aromatic heterocycles. The van der Waals surface area contributed by atoms with Crippen LogP contribution < -0.4 is 10.6 Å². The Morgan fingerprint density at radius 1 is 1.16 bits per heavy atom. The molecule has 3 aromatic rings. The van der Waals surface area contributed by atoms with E-state index >= 15 is 0 Å². The van der Waals surface area contributed by atoms with Crippen LogP contribution in [0.4, 0.5) is 10.2 Å². The van der Waals surface area contributed by atoms with Crippen LogP contribution in [0, 0.1) is 5.82 Å². The average molecular weight is 340 g/mol. The highest BCUT2D eigenvalue weighted by molar-refractivity contribution is 5.92. The molecule has 0 saturated heterocycles. The summed E-state index contributed by atoms with van der Waals surface area (Å²) in [6.07, 6.45) is 3.37. The van der Waals surface area contributed by atoms with Crippen molar-refractivity contribution in [3.8, 4) is 0 Å². The second kappa shape index (κ2) is 8.05. The molecule has 0 aliphatic heterocycles. The third kappa shape index (κ3) is 4.63. The van der Waals surface area contributed by atoms with Gasteiger partial charge in [-0.3, -0.25) is 4.79 Å². The number of amides is 1. The van der Waals surface area contributed by atoms with E-state index in [0.29, 0.717) is 30.1 Å². The molecule has 0 saturated carbocycles. The van der Waals surface area contributed by atoms with Crippen LogP contribution in [0.5, 0.6) is 0 Å². The van der Waals surface area contributed by atoms with E-state index in [1.807, 2.05) is 0 Å². The van der Waals surface area contributed by atoms with Gasteiger partial charge in [0.2, 0.25) is 0 Å². The number of aromatic nitrogens is 2. The van der Waals surface area contributed by atoms with Crippen molar-refractivity contribution >= 4 is 11.7 Å². The van der Waals surface area contributed by atoms with E-state index in [-0.39, 0.29) is 24.0 Å². The summed E-state index contributed by atoms with van der Waals surface area (Å²) < 4.78 is 18.7. The molecule has 0 unspecified atom stereocenters. The van der Waals surface area contributed by atoms with Gasteiger partial charge in [0.15, 0.2) is 0 Å². The molecule has 1 aromatic carbocycles. The van der Waals surface area contributed by atoms with Gasteiger partial charge < -0.3 is 15.1 Å². The Morgan fingerprint density at radius 2 is 2.04 bits per heavy atom. The van der Waals surface area contributed by atoms with Gasteiger partial charge in [-0.05, 0) is 30.2 Å². The monoisotopic (exact) mass is 340 g/mol. The fourth-order valence-corrected chi connectivity index (χ4v) is 2.28. The number of carbonyl (C=O) groups is 1. The van der Waals surface area contributed by atoms with Crippen LogP contribution >= 0.6 is 0 Å². The second-order valence-electron chi connectivity index (χ2n) is 5.32. The molecule has 0 aliphatic rings. The Morgan fingerprint density at radius 3 is 2.84 bits per heavy atom. The summed E-state index contributed by atoms with van der Waals surface area (Å²) in [5.41, 5.74) is 0.871. The van der Waals surface area contributed by atoms with Crippen LogP contribution in [-0.2, 0) is 13.0 Å². The van der Waals surface area contributed by atoms with Gasteiger partial charge in [0, 0.05) is 12.6 Å². The zero-order chi connectivity index (χ0) is 17.5. The maximum absolute atomic E-state index is 13.6. The minimum atomic E-state index is -0.323. The lowest BCUT2D eigenvalue weighted by Gasteiger charge is -2.08. The van der Waals surface area contributed by atoms with E-state index in [9.17, 15) is 9.18 Å². The average Bonchev–Trinajstić information content (AvgIpc) is 3.15. The Bertz CT molecular complexity index is 837. The quantitative estimate of drug-likeness (QED) is 0.691. The lowest BCUT2D eigenvalue weighted by molar-refractivity contribution is 0.0943. The first kappa shape index (κ1) is 16.6. The van der Waals surface area contributed by atoms with Gasteiger partial charge in [-0.15, -0.1) is 0 Å². The summed E-state index contributed by atoms with van der Waals surface area (Å²) in [5.74, 6) is 0.612. The first-order chi connectivity index (χ1) is 12.2. The third-order valence-electron chi connectivity index (χ3n) is 3.56. The van der Waals surface area contributed by atoms with Gasteiger partial charge in [-0.1, -0.05) is 18.2 Å². The molecule has 0 fully saturated rings. The Hall–Kier alpha value is -3.22. The molecule has 0 atom stereocenters. The van der Waals surface area contributed by atoms with E-state index < -0.39 is 0 Å². The van der Waals surface area contributed by atoms with Gasteiger partial charge in [0.1, 0.15) is 29.4 Å². The standard InChI is InChI=1S/C18H17FN4O2/c19-15-6-2-1-4-13(15)7-8-20-17-10-16(22-12-23-17)18(24)21-11-14-5-3-9-25-14/h1-6,9-10,12H,7-8,11H2,(H,21,24)(H,20,22,23). The first-order valence-electron chi connectivity index (χ1n) is 7.82. The number of hydrogen-bond acceptors (Lipinski definition) is 5. The molecule has 25 heavy (non-hydrogen) atoms. The zero-order valence-corrected chi connectivity index (χ0v) is 13.4. The van der Waals surface area contributed by atoms with Crippen LogP contribution in [-0.4, -0.2) is 22.4 Å². The lowest BCUT2D eigenvalue weighted by atomic mass is 10.1. The molecule has 2 heterocycles. The summed E-state index contributed by atoms with van der Waals surface area (Å²) in [7, 11) is 0. The smallest absolute Gasteiger partial charge is 0.270 e. The molecule has 1 amide bonds. The normalized spacial score (nSPS) is 10.4. The molecular formula is C18H17FN4O2. The Balaban J connectivity index is 1.54. The van der Waals surface area contributed by atoms with E-state index in [1.54, 1.807) is 42.7 Å². The van der Waals surface area contributed by atoms with Crippen molar-refractivity contribution in [3.05, 3.63) is 77.9 Å². The number of furan rings is 1. The van der Waals surface area contributed by atoms with Crippen molar-refractivity contribution in [3.63, 3.8) is 0 Å². The largest absolute Gasteiger partial charge is 0.467 e. The maximum Gasteiger partial charge on any atom is 0.270 e. The highest BCUT2D eigenvalue weighted by Gasteiger charge is 2.09. The first-order valence-corrected chi connectivity index (χ1v) is 7.82. The van der Waals surface area contributed by atoms with Crippen LogP contribution in [0.2, 0.25) is 0 Å². The van der Waals surface area contributed by atoms with Gasteiger partial charge in [0.05, 0.1) is 12.8 Å². The summed E-state index contributed by atoms with van der Waals surface area (Å²) in [6, 6.07) is 11.7. The molecule has 128 valence electrons. The molecule has 0 spiro atoms. The summed E-state index contributed by atoms with van der Waals surface area (Å²) >= 11 is 0. The minimum Gasteiger partial charge on any atom is -0.467 e. The fourth-order valence-electron chi connectivity index (χ4n) is 2.28. The van der Waals surface area contributed by atoms with Crippen molar-refractivity contribution in [1.29, 1.82) is 0 Å². The molecule has 0 radical (unpaired) electrons. The van der Waals surface area contributed by atoms with Crippen molar-refractivity contribution in [2.24, 2.45) is 0 Å². The Kier molecular flexibility index (Phi) is 5.36. The molecule has 2 N–H and O–H groups in total.